The number of benzene rings is 3. The summed E-state index contributed by atoms with van der Waals surface area (Å²) in [5, 5.41) is 11.7. The number of phenols is 1. The van der Waals surface area contributed by atoms with Gasteiger partial charge in [0.05, 0.1) is 5.69 Å². The molecule has 4 nitrogen and oxygen atoms in total. The molecule has 0 fully saturated rings. The summed E-state index contributed by atoms with van der Waals surface area (Å²) in [6.07, 6.45) is 2.94. The number of allylic oxidation sites excluding steroid dienone is 1. The molecule has 0 spiro atoms. The SMILES string of the molecule is CC(=C[C@@]12c3ccccc3C(=O)N1CCc1c2[nH]c2ccc(Br)cc12)c1ccccc1O. The minimum absolute atomic E-state index is 0.0485. The van der Waals surface area contributed by atoms with E-state index < -0.39 is 5.54 Å². The van der Waals surface area contributed by atoms with E-state index in [0.717, 1.165) is 44.4 Å². The predicted octanol–water partition coefficient (Wildman–Crippen LogP) is 6.00. The van der Waals surface area contributed by atoms with Crippen molar-refractivity contribution in [3.8, 4) is 5.75 Å². The zero-order valence-electron chi connectivity index (χ0n) is 17.5. The van der Waals surface area contributed by atoms with Crippen molar-refractivity contribution < 1.29 is 9.90 Å². The molecule has 0 radical (unpaired) electrons. The van der Waals surface area contributed by atoms with Crippen LogP contribution in [0.5, 0.6) is 5.75 Å². The summed E-state index contributed by atoms with van der Waals surface area (Å²) in [5.41, 5.74) is 5.99. The first-order valence-corrected chi connectivity index (χ1v) is 11.5. The molecule has 2 aliphatic heterocycles. The van der Waals surface area contributed by atoms with Crippen molar-refractivity contribution in [2.24, 2.45) is 0 Å². The number of phenolic OH excluding ortho intramolecular Hbond substituents is 1. The highest BCUT2D eigenvalue weighted by atomic mass is 79.9. The number of aromatic hydroxyl groups is 1. The van der Waals surface area contributed by atoms with Gasteiger partial charge in [-0.1, -0.05) is 52.3 Å². The van der Waals surface area contributed by atoms with Crippen LogP contribution >= 0.6 is 15.9 Å². The van der Waals surface area contributed by atoms with E-state index in [1.807, 2.05) is 54.3 Å². The first kappa shape index (κ1) is 19.4. The third-order valence-corrected chi connectivity index (χ3v) is 7.32. The highest BCUT2D eigenvalue weighted by Crippen LogP contribution is 2.51. The van der Waals surface area contributed by atoms with Gasteiger partial charge in [0.1, 0.15) is 11.3 Å². The molecule has 2 N–H and O–H groups in total. The van der Waals surface area contributed by atoms with Crippen molar-refractivity contribution in [1.29, 1.82) is 0 Å². The number of carbonyl (C=O) groups excluding carboxylic acids is 1. The molecule has 0 unspecified atom stereocenters. The second-order valence-electron chi connectivity index (χ2n) is 8.53. The first-order valence-electron chi connectivity index (χ1n) is 10.7. The fraction of sp³-hybridized carbons (Fsp3) is 0.148. The standard InChI is InChI=1S/C27H21BrN2O2/c1-16(18-6-3-5-9-24(18)31)15-27-22-8-4-2-7-20(22)26(32)30(27)13-12-19-21-14-17(28)10-11-23(21)29-25(19)27/h2-11,14-15,29,31H,12-13H2,1H3/t27-/m0/s1. The van der Waals surface area contributed by atoms with E-state index >= 15 is 0 Å². The Morgan fingerprint density at radius 2 is 1.91 bits per heavy atom. The van der Waals surface area contributed by atoms with Crippen molar-refractivity contribution in [2.45, 2.75) is 18.9 Å². The zero-order valence-corrected chi connectivity index (χ0v) is 19.1. The number of hydrogen-bond donors (Lipinski definition) is 2. The molecular weight excluding hydrogens is 464 g/mol. The monoisotopic (exact) mass is 484 g/mol. The number of H-pyrrole nitrogens is 1. The number of carbonyl (C=O) groups is 1. The minimum Gasteiger partial charge on any atom is -0.507 e. The van der Waals surface area contributed by atoms with Crippen LogP contribution in [0.2, 0.25) is 0 Å². The molecule has 1 aromatic heterocycles. The Bertz CT molecular complexity index is 1450. The average Bonchev–Trinajstić information content (AvgIpc) is 3.28. The lowest BCUT2D eigenvalue weighted by molar-refractivity contribution is 0.0666. The topological polar surface area (TPSA) is 56.3 Å². The highest BCUT2D eigenvalue weighted by molar-refractivity contribution is 9.10. The molecule has 5 heteroatoms. The Morgan fingerprint density at radius 3 is 2.75 bits per heavy atom. The number of aromatic nitrogens is 1. The molecule has 0 saturated carbocycles. The zero-order chi connectivity index (χ0) is 22.0. The molecule has 6 rings (SSSR count). The van der Waals surface area contributed by atoms with E-state index in [9.17, 15) is 9.90 Å². The van der Waals surface area contributed by atoms with Crippen LogP contribution in [0.4, 0.5) is 0 Å². The summed E-state index contributed by atoms with van der Waals surface area (Å²) in [4.78, 5) is 19.2. The van der Waals surface area contributed by atoms with Gasteiger partial charge >= 0.3 is 0 Å². The van der Waals surface area contributed by atoms with Crippen LogP contribution in [0, 0.1) is 0 Å². The first-order chi connectivity index (χ1) is 15.5. The van der Waals surface area contributed by atoms with E-state index in [4.69, 9.17) is 0 Å². The molecular formula is C27H21BrN2O2. The van der Waals surface area contributed by atoms with Crippen LogP contribution in [0.25, 0.3) is 16.5 Å². The van der Waals surface area contributed by atoms with Crippen molar-refractivity contribution in [2.75, 3.05) is 6.54 Å². The summed E-state index contributed by atoms with van der Waals surface area (Å²) in [5.74, 6) is 0.283. The Kier molecular flexibility index (Phi) is 4.14. The third kappa shape index (κ3) is 2.51. The molecule has 32 heavy (non-hydrogen) atoms. The molecule has 1 atom stereocenters. The van der Waals surface area contributed by atoms with Crippen LogP contribution in [0.15, 0.2) is 77.3 Å². The van der Waals surface area contributed by atoms with Gasteiger partial charge in [0.25, 0.3) is 5.91 Å². The third-order valence-electron chi connectivity index (χ3n) is 6.83. The van der Waals surface area contributed by atoms with Crippen LogP contribution < -0.4 is 0 Å². The fourth-order valence-corrected chi connectivity index (χ4v) is 5.82. The Labute approximate surface area is 194 Å². The number of amides is 1. The predicted molar refractivity (Wildman–Crippen MR) is 130 cm³/mol. The van der Waals surface area contributed by atoms with E-state index in [2.05, 4.69) is 45.2 Å². The van der Waals surface area contributed by atoms with Crippen molar-refractivity contribution >= 4 is 38.3 Å². The van der Waals surface area contributed by atoms with E-state index in [-0.39, 0.29) is 11.7 Å². The Morgan fingerprint density at radius 1 is 1.12 bits per heavy atom. The van der Waals surface area contributed by atoms with E-state index in [1.165, 1.54) is 10.9 Å². The lowest BCUT2D eigenvalue weighted by Gasteiger charge is -2.41. The van der Waals surface area contributed by atoms with Gasteiger partial charge in [0, 0.05) is 38.6 Å². The largest absolute Gasteiger partial charge is 0.507 e. The maximum Gasteiger partial charge on any atom is 0.255 e. The van der Waals surface area contributed by atoms with Crippen LogP contribution in [0.1, 0.15) is 39.7 Å². The number of para-hydroxylation sites is 1. The van der Waals surface area contributed by atoms with Crippen molar-refractivity contribution in [3.63, 3.8) is 0 Å². The summed E-state index contributed by atoms with van der Waals surface area (Å²) in [6, 6.07) is 21.5. The average molecular weight is 485 g/mol. The fourth-order valence-electron chi connectivity index (χ4n) is 5.46. The lowest BCUT2D eigenvalue weighted by Crippen LogP contribution is -2.48. The smallest absolute Gasteiger partial charge is 0.255 e. The molecule has 3 aromatic carbocycles. The number of rotatable bonds is 2. The minimum atomic E-state index is -0.751. The number of hydrogen-bond acceptors (Lipinski definition) is 2. The summed E-state index contributed by atoms with van der Waals surface area (Å²) in [7, 11) is 0. The van der Waals surface area contributed by atoms with E-state index in [0.29, 0.717) is 6.54 Å². The number of aromatic amines is 1. The second-order valence-corrected chi connectivity index (χ2v) is 9.45. The van der Waals surface area contributed by atoms with Gasteiger partial charge in [-0.15, -0.1) is 0 Å². The molecule has 4 aromatic rings. The number of fused-ring (bicyclic) bond motifs is 7. The van der Waals surface area contributed by atoms with Gasteiger partial charge in [0.15, 0.2) is 0 Å². The molecule has 1 amide bonds. The van der Waals surface area contributed by atoms with Gasteiger partial charge in [-0.05, 0) is 60.9 Å². The Hall–Kier alpha value is -3.31. The lowest BCUT2D eigenvalue weighted by atomic mass is 9.79. The summed E-state index contributed by atoms with van der Waals surface area (Å²) < 4.78 is 1.03. The molecule has 0 bridgehead atoms. The van der Waals surface area contributed by atoms with Crippen LogP contribution in [0.3, 0.4) is 0 Å². The van der Waals surface area contributed by atoms with Gasteiger partial charge in [-0.2, -0.15) is 0 Å². The quantitative estimate of drug-likeness (QED) is 0.366. The van der Waals surface area contributed by atoms with Gasteiger partial charge < -0.3 is 15.0 Å². The van der Waals surface area contributed by atoms with Crippen LogP contribution in [-0.4, -0.2) is 27.4 Å². The molecule has 158 valence electrons. The van der Waals surface area contributed by atoms with E-state index in [1.54, 1.807) is 6.07 Å². The number of nitrogens with zero attached hydrogens (tertiary/aromatic N) is 1. The Balaban J connectivity index is 1.70. The summed E-state index contributed by atoms with van der Waals surface area (Å²) in [6.45, 7) is 2.63. The number of halogens is 1. The molecule has 0 saturated heterocycles. The maximum atomic E-state index is 13.5. The molecule has 0 aliphatic carbocycles. The summed E-state index contributed by atoms with van der Waals surface area (Å²) >= 11 is 3.61. The van der Waals surface area contributed by atoms with Gasteiger partial charge in [0.2, 0.25) is 0 Å². The van der Waals surface area contributed by atoms with Gasteiger partial charge in [-0.3, -0.25) is 4.79 Å². The van der Waals surface area contributed by atoms with Gasteiger partial charge in [-0.25, -0.2) is 0 Å². The molecule has 2 aliphatic rings. The van der Waals surface area contributed by atoms with Crippen molar-refractivity contribution in [1.82, 2.24) is 9.88 Å². The van der Waals surface area contributed by atoms with Crippen molar-refractivity contribution in [3.05, 3.63) is 105 Å². The maximum absolute atomic E-state index is 13.5. The van der Waals surface area contributed by atoms with Crippen LogP contribution in [-0.2, 0) is 12.0 Å². The molecule has 3 heterocycles. The normalized spacial score (nSPS) is 19.8. The number of nitrogens with one attached hydrogen (secondary N) is 1. The second kappa shape index (κ2) is 6.84. The highest BCUT2D eigenvalue weighted by Gasteiger charge is 2.53.